The van der Waals surface area contributed by atoms with Crippen LogP contribution in [0.15, 0.2) is 54.2 Å². The lowest BCUT2D eigenvalue weighted by Crippen LogP contribution is -2.14. The third-order valence-electron chi connectivity index (χ3n) is 4.82. The zero-order valence-corrected chi connectivity index (χ0v) is 19.3. The lowest BCUT2D eigenvalue weighted by atomic mass is 10.1. The van der Waals surface area contributed by atoms with Crippen molar-refractivity contribution in [2.75, 3.05) is 5.32 Å². The number of nitrogens with zero attached hydrogens (tertiary/aromatic N) is 4. The van der Waals surface area contributed by atoms with Crippen molar-refractivity contribution in [3.8, 4) is 34.5 Å². The summed E-state index contributed by atoms with van der Waals surface area (Å²) in [6.45, 7) is 5.85. The van der Waals surface area contributed by atoms with Crippen molar-refractivity contribution in [3.63, 3.8) is 0 Å². The fourth-order valence-electron chi connectivity index (χ4n) is 3.26. The van der Waals surface area contributed by atoms with Crippen molar-refractivity contribution in [1.29, 1.82) is 0 Å². The van der Waals surface area contributed by atoms with Crippen molar-refractivity contribution < 1.29 is 9.18 Å². The van der Waals surface area contributed by atoms with Crippen LogP contribution in [0.1, 0.15) is 49.2 Å². The van der Waals surface area contributed by atoms with E-state index in [1.54, 1.807) is 29.1 Å². The van der Waals surface area contributed by atoms with Crippen molar-refractivity contribution in [1.82, 2.24) is 19.7 Å². The Kier molecular flexibility index (Phi) is 6.61. The number of pyridine rings is 1. The van der Waals surface area contributed by atoms with Gasteiger partial charge in [0, 0.05) is 35.2 Å². The first-order valence-corrected chi connectivity index (χ1v) is 11.4. The summed E-state index contributed by atoms with van der Waals surface area (Å²) >= 11 is 1.29. The van der Waals surface area contributed by atoms with Crippen LogP contribution in [0.5, 0.6) is 0 Å². The van der Waals surface area contributed by atoms with Crippen LogP contribution < -0.4 is 5.32 Å². The maximum Gasteiger partial charge on any atom is 0.261 e. The number of aromatic nitrogens is 4. The molecule has 1 N–H and O–H groups in total. The molecule has 1 aromatic carbocycles. The standard InChI is InChI=1S/C25H22FN5OS/c1-4-5-8-17-11-12-21(27-13-17)22-15-33-25(29-22)30-24(32)19-14-28-31(16(2)3)23(19)18-9-6-7-10-20(18)26/h6-7,9-16H,4H2,1-3H3,(H,29,30,32). The number of carbonyl (C=O) groups excluding carboxylic acids is 1. The normalized spacial score (nSPS) is 10.7. The molecule has 33 heavy (non-hydrogen) atoms. The fraction of sp³-hybridized carbons (Fsp3) is 0.200. The van der Waals surface area contributed by atoms with Crippen LogP contribution in [-0.4, -0.2) is 25.7 Å². The molecule has 0 atom stereocenters. The van der Waals surface area contributed by atoms with E-state index in [4.69, 9.17) is 0 Å². The fourth-order valence-corrected chi connectivity index (χ4v) is 3.96. The van der Waals surface area contributed by atoms with Crippen molar-refractivity contribution in [2.24, 2.45) is 0 Å². The van der Waals surface area contributed by atoms with Gasteiger partial charge in [-0.05, 0) is 38.1 Å². The van der Waals surface area contributed by atoms with Gasteiger partial charge in [0.25, 0.3) is 5.91 Å². The number of amides is 1. The average molecular weight is 460 g/mol. The van der Waals surface area contributed by atoms with Gasteiger partial charge in [-0.1, -0.05) is 30.9 Å². The molecular formula is C25H22FN5OS. The molecule has 4 rings (SSSR count). The predicted octanol–water partition coefficient (Wildman–Crippen LogP) is 5.80. The van der Waals surface area contributed by atoms with E-state index in [-0.39, 0.29) is 11.6 Å². The summed E-state index contributed by atoms with van der Waals surface area (Å²) in [5, 5.41) is 9.39. The van der Waals surface area contributed by atoms with Crippen LogP contribution in [0.4, 0.5) is 9.52 Å². The first-order chi connectivity index (χ1) is 16.0. The molecule has 0 aliphatic heterocycles. The van der Waals surface area contributed by atoms with Gasteiger partial charge in [0.1, 0.15) is 11.5 Å². The molecule has 0 radical (unpaired) electrons. The first kappa shape index (κ1) is 22.4. The molecule has 0 aliphatic rings. The number of anilines is 1. The Labute approximate surface area is 195 Å². The minimum absolute atomic E-state index is 0.0521. The van der Waals surface area contributed by atoms with Gasteiger partial charge in [-0.2, -0.15) is 5.10 Å². The highest BCUT2D eigenvalue weighted by atomic mass is 32.1. The van der Waals surface area contributed by atoms with E-state index < -0.39 is 11.7 Å². The Bertz CT molecular complexity index is 1350. The van der Waals surface area contributed by atoms with Crippen LogP contribution in [0.2, 0.25) is 0 Å². The van der Waals surface area contributed by atoms with Gasteiger partial charge in [0.2, 0.25) is 0 Å². The van der Waals surface area contributed by atoms with Crippen molar-refractivity contribution in [2.45, 2.75) is 33.2 Å². The van der Waals surface area contributed by atoms with Gasteiger partial charge in [-0.25, -0.2) is 9.37 Å². The molecule has 0 unspecified atom stereocenters. The Hall–Kier alpha value is -3.83. The molecule has 1 amide bonds. The molecule has 0 saturated heterocycles. The van der Waals surface area contributed by atoms with E-state index in [0.29, 0.717) is 27.8 Å². The van der Waals surface area contributed by atoms with Crippen LogP contribution in [0.25, 0.3) is 22.6 Å². The molecule has 0 fully saturated rings. The van der Waals surface area contributed by atoms with E-state index in [2.05, 4.69) is 32.2 Å². The third kappa shape index (κ3) is 4.83. The van der Waals surface area contributed by atoms with E-state index in [0.717, 1.165) is 12.0 Å². The molecule has 0 spiro atoms. The lowest BCUT2D eigenvalue weighted by molar-refractivity contribution is 0.102. The zero-order valence-electron chi connectivity index (χ0n) is 18.5. The van der Waals surface area contributed by atoms with Crippen LogP contribution in [0, 0.1) is 17.7 Å². The summed E-state index contributed by atoms with van der Waals surface area (Å²) in [7, 11) is 0. The zero-order chi connectivity index (χ0) is 23.4. The topological polar surface area (TPSA) is 72.7 Å². The van der Waals surface area contributed by atoms with Gasteiger partial charge < -0.3 is 0 Å². The highest BCUT2D eigenvalue weighted by Gasteiger charge is 2.23. The van der Waals surface area contributed by atoms with Gasteiger partial charge in [0.05, 0.1) is 23.1 Å². The molecule has 0 saturated carbocycles. The minimum Gasteiger partial charge on any atom is -0.298 e. The number of benzene rings is 1. The number of rotatable bonds is 5. The Morgan fingerprint density at radius 1 is 1.18 bits per heavy atom. The van der Waals surface area contributed by atoms with E-state index >= 15 is 0 Å². The Morgan fingerprint density at radius 2 is 2.00 bits per heavy atom. The van der Waals surface area contributed by atoms with Gasteiger partial charge in [0.15, 0.2) is 5.13 Å². The molecule has 3 aromatic heterocycles. The molecule has 3 heterocycles. The predicted molar refractivity (Wildman–Crippen MR) is 128 cm³/mol. The summed E-state index contributed by atoms with van der Waals surface area (Å²) in [5.41, 5.74) is 3.22. The Morgan fingerprint density at radius 3 is 2.70 bits per heavy atom. The number of nitrogens with one attached hydrogen (secondary N) is 1. The largest absolute Gasteiger partial charge is 0.298 e. The second kappa shape index (κ2) is 9.76. The van der Waals surface area contributed by atoms with E-state index in [9.17, 15) is 9.18 Å². The van der Waals surface area contributed by atoms with Gasteiger partial charge in [-0.15, -0.1) is 11.3 Å². The SMILES string of the molecule is CCC#Cc1ccc(-c2csc(NC(=O)c3cnn(C(C)C)c3-c3ccccc3F)n2)nc1. The molecule has 0 bridgehead atoms. The monoisotopic (exact) mass is 459 g/mol. The van der Waals surface area contributed by atoms with Crippen molar-refractivity contribution >= 4 is 22.4 Å². The molecular weight excluding hydrogens is 437 g/mol. The Balaban J connectivity index is 1.59. The number of carbonyl (C=O) groups is 1. The first-order valence-electron chi connectivity index (χ1n) is 10.5. The quantitative estimate of drug-likeness (QED) is 0.383. The van der Waals surface area contributed by atoms with Crippen LogP contribution in [-0.2, 0) is 0 Å². The highest BCUT2D eigenvalue weighted by Crippen LogP contribution is 2.30. The molecule has 0 aliphatic carbocycles. The van der Waals surface area contributed by atoms with Crippen LogP contribution >= 0.6 is 11.3 Å². The maximum absolute atomic E-state index is 14.6. The van der Waals surface area contributed by atoms with Crippen molar-refractivity contribution in [3.05, 3.63) is 71.1 Å². The van der Waals surface area contributed by atoms with E-state index in [1.165, 1.54) is 23.6 Å². The second-order valence-electron chi connectivity index (χ2n) is 7.50. The van der Waals surface area contributed by atoms with Gasteiger partial charge >= 0.3 is 0 Å². The molecule has 6 nitrogen and oxygen atoms in total. The van der Waals surface area contributed by atoms with Gasteiger partial charge in [-0.3, -0.25) is 19.8 Å². The molecule has 166 valence electrons. The highest BCUT2D eigenvalue weighted by molar-refractivity contribution is 7.14. The molecule has 4 aromatic rings. The van der Waals surface area contributed by atoms with Crippen LogP contribution in [0.3, 0.4) is 0 Å². The summed E-state index contributed by atoms with van der Waals surface area (Å²) in [6, 6.07) is 10.0. The second-order valence-corrected chi connectivity index (χ2v) is 8.36. The number of halogens is 1. The smallest absolute Gasteiger partial charge is 0.261 e. The lowest BCUT2D eigenvalue weighted by Gasteiger charge is -2.13. The number of thiazole rings is 1. The summed E-state index contributed by atoms with van der Waals surface area (Å²) in [5.74, 6) is 5.23. The number of hydrogen-bond donors (Lipinski definition) is 1. The summed E-state index contributed by atoms with van der Waals surface area (Å²) < 4.78 is 16.2. The molecule has 8 heteroatoms. The minimum atomic E-state index is -0.413. The number of hydrogen-bond acceptors (Lipinski definition) is 5. The summed E-state index contributed by atoms with van der Waals surface area (Å²) in [4.78, 5) is 22.0. The maximum atomic E-state index is 14.6. The summed E-state index contributed by atoms with van der Waals surface area (Å²) in [6.07, 6.45) is 3.95. The third-order valence-corrected chi connectivity index (χ3v) is 5.58. The average Bonchev–Trinajstić information content (AvgIpc) is 3.46. The van der Waals surface area contributed by atoms with E-state index in [1.807, 2.05) is 38.3 Å².